The zero-order valence-corrected chi connectivity index (χ0v) is 9.14. The molecule has 16 heavy (non-hydrogen) atoms. The zero-order chi connectivity index (χ0) is 12.1. The fraction of sp³-hybridized carbons (Fsp3) is 0.273. The number of likely N-dealkylation sites (N-methyl/N-ethyl adjacent to an activating group) is 1. The van der Waals surface area contributed by atoms with E-state index < -0.39 is 11.9 Å². The van der Waals surface area contributed by atoms with Gasteiger partial charge in [0.2, 0.25) is 0 Å². The van der Waals surface area contributed by atoms with E-state index >= 15 is 0 Å². The van der Waals surface area contributed by atoms with E-state index in [1.54, 1.807) is 36.2 Å². The lowest BCUT2D eigenvalue weighted by molar-refractivity contribution is -0.135. The number of carboxylic acid groups (broad SMARTS) is 1. The van der Waals surface area contributed by atoms with Gasteiger partial charge in [0.25, 0.3) is 0 Å². The van der Waals surface area contributed by atoms with Gasteiger partial charge in [-0.15, -0.1) is 0 Å². The Balaban J connectivity index is 2.78. The van der Waals surface area contributed by atoms with Crippen molar-refractivity contribution in [1.82, 2.24) is 0 Å². The molecule has 0 aliphatic carbocycles. The number of carbonyl (C=O) groups is 2. The monoisotopic (exact) mass is 223 g/mol. The maximum Gasteiger partial charge on any atom is 0.337 e. The van der Waals surface area contributed by atoms with Gasteiger partial charge >= 0.3 is 11.9 Å². The largest absolute Gasteiger partial charge is 0.480 e. The van der Waals surface area contributed by atoms with Gasteiger partial charge in [-0.2, -0.15) is 0 Å². The molecule has 0 radical (unpaired) electrons. The van der Waals surface area contributed by atoms with Crippen LogP contribution in [-0.2, 0) is 9.53 Å². The number of hydrogen-bond acceptors (Lipinski definition) is 4. The van der Waals surface area contributed by atoms with Crippen LogP contribution in [0.25, 0.3) is 0 Å². The highest BCUT2D eigenvalue weighted by atomic mass is 16.5. The summed E-state index contributed by atoms with van der Waals surface area (Å²) in [4.78, 5) is 23.2. The first kappa shape index (κ1) is 12.0. The molecule has 5 nitrogen and oxygen atoms in total. The van der Waals surface area contributed by atoms with E-state index in [9.17, 15) is 9.59 Å². The molecule has 0 fully saturated rings. The molecule has 0 heterocycles. The van der Waals surface area contributed by atoms with Gasteiger partial charge in [0.15, 0.2) is 0 Å². The summed E-state index contributed by atoms with van der Waals surface area (Å²) in [5, 5.41) is 8.61. The van der Waals surface area contributed by atoms with E-state index in [0.717, 1.165) is 5.69 Å². The van der Waals surface area contributed by atoms with Crippen molar-refractivity contribution in [2.24, 2.45) is 0 Å². The predicted octanol–water partition coefficient (Wildman–Crippen LogP) is 0.994. The van der Waals surface area contributed by atoms with Gasteiger partial charge in [0, 0.05) is 12.7 Å². The second-order valence-corrected chi connectivity index (χ2v) is 3.29. The number of esters is 1. The molecule has 0 bridgehead atoms. The van der Waals surface area contributed by atoms with Crippen molar-refractivity contribution in [2.75, 3.05) is 25.6 Å². The minimum absolute atomic E-state index is 0.0857. The molecule has 0 aromatic heterocycles. The number of carbonyl (C=O) groups excluding carboxylic acids is 1. The number of aliphatic carboxylic acids is 1. The fourth-order valence-electron chi connectivity index (χ4n) is 1.26. The summed E-state index contributed by atoms with van der Waals surface area (Å²) in [6.45, 7) is -0.0857. The zero-order valence-electron chi connectivity index (χ0n) is 9.14. The van der Waals surface area contributed by atoms with E-state index in [2.05, 4.69) is 4.74 Å². The van der Waals surface area contributed by atoms with Crippen LogP contribution < -0.4 is 4.90 Å². The van der Waals surface area contributed by atoms with Gasteiger partial charge in [-0.3, -0.25) is 4.79 Å². The van der Waals surface area contributed by atoms with Crippen molar-refractivity contribution >= 4 is 17.6 Å². The first-order valence-corrected chi connectivity index (χ1v) is 4.66. The highest BCUT2D eigenvalue weighted by molar-refractivity contribution is 5.89. The average molecular weight is 223 g/mol. The van der Waals surface area contributed by atoms with E-state index in [4.69, 9.17) is 5.11 Å². The van der Waals surface area contributed by atoms with Gasteiger partial charge in [0.1, 0.15) is 6.54 Å². The second-order valence-electron chi connectivity index (χ2n) is 3.29. The van der Waals surface area contributed by atoms with Gasteiger partial charge in [-0.1, -0.05) is 0 Å². The lowest BCUT2D eigenvalue weighted by atomic mass is 10.2. The molecule has 1 aromatic carbocycles. The average Bonchev–Trinajstić information content (AvgIpc) is 2.27. The SMILES string of the molecule is COC(=O)c1ccc(N(C)CC(=O)O)cc1. The second kappa shape index (κ2) is 5.16. The number of carboxylic acids is 1. The molecule has 1 rings (SSSR count). The topological polar surface area (TPSA) is 66.8 Å². The number of hydrogen-bond donors (Lipinski definition) is 1. The van der Waals surface area contributed by atoms with Gasteiger partial charge in [-0.05, 0) is 24.3 Å². The minimum Gasteiger partial charge on any atom is -0.480 e. The number of rotatable bonds is 4. The highest BCUT2D eigenvalue weighted by Gasteiger charge is 2.08. The number of benzene rings is 1. The smallest absolute Gasteiger partial charge is 0.337 e. The van der Waals surface area contributed by atoms with Crippen molar-refractivity contribution in [1.29, 1.82) is 0 Å². The molecule has 86 valence electrons. The van der Waals surface area contributed by atoms with Gasteiger partial charge in [-0.25, -0.2) is 4.79 Å². The number of anilines is 1. The number of methoxy groups -OCH3 is 1. The van der Waals surface area contributed by atoms with Crippen LogP contribution in [0.15, 0.2) is 24.3 Å². The first-order chi connectivity index (χ1) is 7.54. The quantitative estimate of drug-likeness (QED) is 0.771. The maximum absolute atomic E-state index is 11.1. The molecule has 0 saturated heterocycles. The van der Waals surface area contributed by atoms with Crippen LogP contribution in [0.4, 0.5) is 5.69 Å². The summed E-state index contributed by atoms with van der Waals surface area (Å²) in [6.07, 6.45) is 0. The summed E-state index contributed by atoms with van der Waals surface area (Å²) in [7, 11) is 2.98. The van der Waals surface area contributed by atoms with Crippen molar-refractivity contribution in [3.8, 4) is 0 Å². The third-order valence-corrected chi connectivity index (χ3v) is 2.10. The minimum atomic E-state index is -0.903. The van der Waals surface area contributed by atoms with Crippen LogP contribution in [0.1, 0.15) is 10.4 Å². The standard InChI is InChI=1S/C11H13NO4/c1-12(7-10(13)14)9-5-3-8(4-6-9)11(15)16-2/h3-6H,7H2,1-2H3,(H,13,14). The van der Waals surface area contributed by atoms with E-state index in [1.165, 1.54) is 7.11 Å². The summed E-state index contributed by atoms with van der Waals surface area (Å²) in [6, 6.07) is 6.55. The Hall–Kier alpha value is -2.04. The van der Waals surface area contributed by atoms with Gasteiger partial charge < -0.3 is 14.7 Å². The molecule has 1 N–H and O–H groups in total. The first-order valence-electron chi connectivity index (χ1n) is 4.66. The Morgan fingerprint density at radius 2 is 1.88 bits per heavy atom. The lowest BCUT2D eigenvalue weighted by Gasteiger charge is -2.16. The van der Waals surface area contributed by atoms with Crippen molar-refractivity contribution in [3.05, 3.63) is 29.8 Å². The van der Waals surface area contributed by atoms with E-state index in [0.29, 0.717) is 5.56 Å². The van der Waals surface area contributed by atoms with Crippen LogP contribution in [0.3, 0.4) is 0 Å². The normalized spacial score (nSPS) is 9.62. The van der Waals surface area contributed by atoms with E-state index in [1.807, 2.05) is 0 Å². The van der Waals surface area contributed by atoms with Crippen LogP contribution in [0.2, 0.25) is 0 Å². The molecule has 0 aliphatic rings. The third-order valence-electron chi connectivity index (χ3n) is 2.10. The Morgan fingerprint density at radius 1 is 1.31 bits per heavy atom. The third kappa shape index (κ3) is 2.98. The molecule has 0 unspecified atom stereocenters. The summed E-state index contributed by atoms with van der Waals surface area (Å²) in [5.74, 6) is -1.31. The molecule has 5 heteroatoms. The Bertz CT molecular complexity index is 385. The van der Waals surface area contributed by atoms with E-state index in [-0.39, 0.29) is 6.54 Å². The molecule has 0 spiro atoms. The highest BCUT2D eigenvalue weighted by Crippen LogP contribution is 2.13. The molecular formula is C11H13NO4. The fourth-order valence-corrected chi connectivity index (χ4v) is 1.26. The van der Waals surface area contributed by atoms with Crippen LogP contribution >= 0.6 is 0 Å². The molecule has 0 atom stereocenters. The van der Waals surface area contributed by atoms with Crippen molar-refractivity contribution < 1.29 is 19.4 Å². The molecule has 0 saturated carbocycles. The Kier molecular flexibility index (Phi) is 3.88. The molecule has 1 aromatic rings. The number of nitrogens with zero attached hydrogens (tertiary/aromatic N) is 1. The summed E-state index contributed by atoms with van der Waals surface area (Å²) >= 11 is 0. The lowest BCUT2D eigenvalue weighted by Crippen LogP contribution is -2.25. The Morgan fingerprint density at radius 3 is 2.31 bits per heavy atom. The van der Waals surface area contributed by atoms with Crippen LogP contribution in [0, 0.1) is 0 Å². The van der Waals surface area contributed by atoms with Crippen molar-refractivity contribution in [2.45, 2.75) is 0 Å². The molecular weight excluding hydrogens is 210 g/mol. The Labute approximate surface area is 93.2 Å². The summed E-state index contributed by atoms with van der Waals surface area (Å²) in [5.41, 5.74) is 1.17. The number of ether oxygens (including phenoxy) is 1. The molecule has 0 amide bonds. The van der Waals surface area contributed by atoms with Crippen LogP contribution in [0.5, 0.6) is 0 Å². The maximum atomic E-state index is 11.1. The van der Waals surface area contributed by atoms with Crippen LogP contribution in [-0.4, -0.2) is 37.7 Å². The molecule has 0 aliphatic heterocycles. The summed E-state index contributed by atoms with van der Waals surface area (Å²) < 4.78 is 4.55. The van der Waals surface area contributed by atoms with Crippen molar-refractivity contribution in [3.63, 3.8) is 0 Å². The predicted molar refractivity (Wildman–Crippen MR) is 58.7 cm³/mol. The van der Waals surface area contributed by atoms with Gasteiger partial charge in [0.05, 0.1) is 12.7 Å².